The third-order valence-corrected chi connectivity index (χ3v) is 11.7. The van der Waals surface area contributed by atoms with Crippen molar-refractivity contribution in [2.45, 2.75) is 13.8 Å². The Morgan fingerprint density at radius 3 is 0.750 bits per heavy atom. The van der Waals surface area contributed by atoms with Crippen LogP contribution in [0.1, 0.15) is 55.3 Å². The van der Waals surface area contributed by atoms with Gasteiger partial charge in [-0.15, -0.1) is 0 Å². The zero-order valence-electron chi connectivity index (χ0n) is 42.1. The number of carboxylic acid groups (broad SMARTS) is 4. The Bertz CT molecular complexity index is 3440. The Hall–Kier alpha value is -9.92. The number of aliphatic hydroxyl groups excluding tert-OH is 2. The van der Waals surface area contributed by atoms with Crippen molar-refractivity contribution in [3.05, 3.63) is 168 Å². The van der Waals surface area contributed by atoms with Crippen LogP contribution in [0.4, 0.5) is 0 Å². The summed E-state index contributed by atoms with van der Waals surface area (Å²) in [7, 11) is 8.14. The average molecular weight is 1030 g/mol. The van der Waals surface area contributed by atoms with Crippen LogP contribution in [0, 0.1) is 0 Å². The molecule has 20 nitrogen and oxygen atoms in total. The Morgan fingerprint density at radius 1 is 0.368 bits per heavy atom. The number of imidazole rings is 4. The number of carboxylic acids is 4. The van der Waals surface area contributed by atoms with Crippen LogP contribution in [-0.4, -0.2) is 116 Å². The highest BCUT2D eigenvalue weighted by Crippen LogP contribution is 2.31. The van der Waals surface area contributed by atoms with Crippen molar-refractivity contribution in [1.29, 1.82) is 0 Å². The molecule has 0 spiro atoms. The molecule has 76 heavy (non-hydrogen) atoms. The Morgan fingerprint density at radius 2 is 0.566 bits per heavy atom. The highest BCUT2D eigenvalue weighted by atomic mass is 16.4. The lowest BCUT2D eigenvalue weighted by molar-refractivity contribution is 0.0637. The van der Waals surface area contributed by atoms with Gasteiger partial charge in [0.1, 0.15) is 23.3 Å². The second-order valence-corrected chi connectivity index (χ2v) is 16.7. The van der Waals surface area contributed by atoms with E-state index in [1.54, 1.807) is 13.8 Å². The number of aromatic nitrogens is 10. The van der Waals surface area contributed by atoms with Crippen LogP contribution in [-0.2, 0) is 28.2 Å². The number of fused-ring (bicyclic) bond motifs is 4. The minimum absolute atomic E-state index is 0.250. The summed E-state index contributed by atoms with van der Waals surface area (Å²) >= 11 is 0. The molecule has 0 amide bonds. The molecule has 5 aromatic carbocycles. The molecule has 11 rings (SSSR count). The molecule has 386 valence electrons. The summed E-state index contributed by atoms with van der Waals surface area (Å²) in [5.41, 5.74) is 9.14. The SMILES string of the molecule is CCO.CCO.Cn1c(-c2cncc(-c3nc4ccccc4n3C)c2)nc2ccccc21.Cn1c(-c2cncc(-c3nc4ccccc4n3C)c2)nc2ccccc21.O=C(O)c1cc(C(=O)O)c(C(=O)O)cc1C(=O)O. The summed E-state index contributed by atoms with van der Waals surface area (Å²) in [5.74, 6) is -3.03. The molecule has 0 atom stereocenters. The van der Waals surface area contributed by atoms with Gasteiger partial charge in [-0.2, -0.15) is 0 Å². The lowest BCUT2D eigenvalue weighted by Crippen LogP contribution is -2.15. The highest BCUT2D eigenvalue weighted by Gasteiger charge is 2.25. The number of aliphatic hydroxyl groups is 2. The van der Waals surface area contributed by atoms with Gasteiger partial charge in [0.05, 0.1) is 66.4 Å². The van der Waals surface area contributed by atoms with E-state index in [4.69, 9.17) is 50.6 Å². The van der Waals surface area contributed by atoms with Crippen LogP contribution in [0.3, 0.4) is 0 Å². The minimum atomic E-state index is -1.66. The molecule has 0 aliphatic carbocycles. The molecule has 0 saturated heterocycles. The number of aromatic carboxylic acids is 4. The molecule has 0 aliphatic heterocycles. The first-order valence-corrected chi connectivity index (χ1v) is 23.4. The number of hydrogen-bond donors (Lipinski definition) is 6. The predicted octanol–water partition coefficient (Wildman–Crippen LogP) is 8.85. The van der Waals surface area contributed by atoms with Crippen molar-refractivity contribution < 1.29 is 49.8 Å². The molecule has 0 bridgehead atoms. The number of rotatable bonds is 8. The van der Waals surface area contributed by atoms with Gasteiger partial charge in [-0.25, -0.2) is 39.1 Å². The van der Waals surface area contributed by atoms with E-state index in [0.717, 1.165) is 89.7 Å². The summed E-state index contributed by atoms with van der Waals surface area (Å²) in [4.78, 5) is 71.1. The monoisotopic (exact) mass is 1020 g/mol. The molecule has 0 radical (unpaired) electrons. The van der Waals surface area contributed by atoms with E-state index in [-0.39, 0.29) is 13.2 Å². The molecule has 0 unspecified atom stereocenters. The predicted molar refractivity (Wildman–Crippen MR) is 287 cm³/mol. The Labute approximate surface area is 433 Å². The van der Waals surface area contributed by atoms with Gasteiger partial charge < -0.3 is 48.9 Å². The van der Waals surface area contributed by atoms with Crippen LogP contribution in [0.2, 0.25) is 0 Å². The first-order valence-electron chi connectivity index (χ1n) is 23.4. The van der Waals surface area contributed by atoms with Gasteiger partial charge in [0.2, 0.25) is 0 Å². The van der Waals surface area contributed by atoms with Gasteiger partial charge in [-0.3, -0.25) is 9.97 Å². The normalized spacial score (nSPS) is 10.6. The van der Waals surface area contributed by atoms with E-state index < -0.39 is 46.1 Å². The average Bonchev–Trinajstić information content (AvgIpc) is 4.16. The van der Waals surface area contributed by atoms with E-state index >= 15 is 0 Å². The number of pyridine rings is 2. The maximum atomic E-state index is 10.8. The number of para-hydroxylation sites is 8. The first kappa shape index (κ1) is 53.9. The lowest BCUT2D eigenvalue weighted by atomic mass is 9.98. The maximum Gasteiger partial charge on any atom is 0.336 e. The number of aryl methyl sites for hydroxylation is 4. The summed E-state index contributed by atoms with van der Waals surface area (Å²) in [6, 6.07) is 37.8. The summed E-state index contributed by atoms with van der Waals surface area (Å²) in [5, 5.41) is 50.1. The second kappa shape index (κ2) is 23.7. The van der Waals surface area contributed by atoms with Gasteiger partial charge in [0.25, 0.3) is 0 Å². The number of hydrogen-bond acceptors (Lipinski definition) is 12. The largest absolute Gasteiger partial charge is 0.478 e. The molecule has 0 saturated carbocycles. The number of carbonyl (C=O) groups is 4. The molecule has 0 aliphatic rings. The highest BCUT2D eigenvalue weighted by molar-refractivity contribution is 6.09. The molecule has 6 heterocycles. The summed E-state index contributed by atoms with van der Waals surface area (Å²) in [6.45, 7) is 3.86. The van der Waals surface area contributed by atoms with E-state index in [2.05, 4.69) is 64.6 Å². The molecule has 11 aromatic rings. The van der Waals surface area contributed by atoms with E-state index in [9.17, 15) is 19.2 Å². The van der Waals surface area contributed by atoms with Crippen LogP contribution >= 0.6 is 0 Å². The lowest BCUT2D eigenvalue weighted by Gasteiger charge is -2.06. The first-order chi connectivity index (χ1) is 36.5. The third kappa shape index (κ3) is 11.3. The smallest absolute Gasteiger partial charge is 0.336 e. The Balaban J connectivity index is 0.000000160. The second-order valence-electron chi connectivity index (χ2n) is 16.7. The van der Waals surface area contributed by atoms with Gasteiger partial charge >= 0.3 is 23.9 Å². The summed E-state index contributed by atoms with van der Waals surface area (Å²) in [6.07, 6.45) is 7.42. The van der Waals surface area contributed by atoms with Crippen molar-refractivity contribution in [2.75, 3.05) is 13.2 Å². The zero-order valence-corrected chi connectivity index (χ0v) is 42.1. The molecular formula is C56H52N10O10. The van der Waals surface area contributed by atoms with Crippen molar-refractivity contribution in [3.8, 4) is 45.6 Å². The maximum absolute atomic E-state index is 10.8. The molecule has 6 aromatic heterocycles. The van der Waals surface area contributed by atoms with Crippen LogP contribution in [0.5, 0.6) is 0 Å². The van der Waals surface area contributed by atoms with Gasteiger partial charge in [0.15, 0.2) is 0 Å². The van der Waals surface area contributed by atoms with Crippen LogP contribution < -0.4 is 0 Å². The Kier molecular flexibility index (Phi) is 16.8. The quantitative estimate of drug-likeness (QED) is 0.0828. The van der Waals surface area contributed by atoms with Gasteiger partial charge in [0, 0.05) is 88.4 Å². The van der Waals surface area contributed by atoms with Crippen molar-refractivity contribution in [1.82, 2.24) is 48.2 Å². The molecule has 0 fully saturated rings. The number of nitrogens with zero attached hydrogens (tertiary/aromatic N) is 10. The van der Waals surface area contributed by atoms with E-state index in [0.29, 0.717) is 12.1 Å². The van der Waals surface area contributed by atoms with E-state index in [1.165, 1.54) is 0 Å². The third-order valence-electron chi connectivity index (χ3n) is 11.7. The van der Waals surface area contributed by atoms with Crippen LogP contribution in [0.25, 0.3) is 89.7 Å². The fourth-order valence-corrected chi connectivity index (χ4v) is 8.29. The molecular weight excluding hydrogens is 973 g/mol. The van der Waals surface area contributed by atoms with Crippen molar-refractivity contribution >= 4 is 68.0 Å². The summed E-state index contributed by atoms with van der Waals surface area (Å²) < 4.78 is 8.41. The number of benzene rings is 5. The molecule has 6 N–H and O–H groups in total. The van der Waals surface area contributed by atoms with E-state index in [1.807, 2.05) is 126 Å². The standard InChI is InChI=1S/2C21H17N5.C10H6O8.2C2H6O/c2*1-25-18-9-5-3-7-16(18)23-20(25)14-11-15(13-22-12-14)21-24-17-8-4-6-10-19(17)26(21)2;11-7(12)3-1-4(8(13)14)6(10(17)18)2-5(3)9(15)16;2*1-2-3/h2*3-13H,1-2H3;1-2H,(H,11,12)(H,13,14)(H,15,16)(H,17,18);2*3H,2H2,1H3. The fourth-order valence-electron chi connectivity index (χ4n) is 8.29. The topological polar surface area (TPSA) is 287 Å². The van der Waals surface area contributed by atoms with Crippen molar-refractivity contribution in [2.24, 2.45) is 28.2 Å². The van der Waals surface area contributed by atoms with Crippen LogP contribution in [0.15, 0.2) is 146 Å². The van der Waals surface area contributed by atoms with Gasteiger partial charge in [-0.05, 0) is 86.6 Å². The van der Waals surface area contributed by atoms with Crippen molar-refractivity contribution in [3.63, 3.8) is 0 Å². The zero-order chi connectivity index (χ0) is 54.8. The fraction of sp³-hybridized carbons (Fsp3) is 0.143. The van der Waals surface area contributed by atoms with Gasteiger partial charge in [-0.1, -0.05) is 48.5 Å². The molecule has 20 heteroatoms. The minimum Gasteiger partial charge on any atom is -0.478 e.